The second kappa shape index (κ2) is 8.83. The Hall–Kier alpha value is -1.65. The van der Waals surface area contributed by atoms with E-state index in [0.29, 0.717) is 18.9 Å². The Labute approximate surface area is 157 Å². The zero-order chi connectivity index (χ0) is 18.5. The van der Waals surface area contributed by atoms with Crippen LogP contribution in [0.4, 0.5) is 0 Å². The van der Waals surface area contributed by atoms with Gasteiger partial charge in [0.1, 0.15) is 0 Å². The van der Waals surface area contributed by atoms with Gasteiger partial charge in [0, 0.05) is 25.7 Å². The molecule has 2 heterocycles. The third-order valence-electron chi connectivity index (χ3n) is 5.78. The molecule has 2 fully saturated rings. The number of hydrogen-bond donors (Lipinski definition) is 1. The zero-order valence-electron chi connectivity index (χ0n) is 16.1. The smallest absolute Gasteiger partial charge is 0.225 e. The molecule has 1 aromatic rings. The lowest BCUT2D eigenvalue weighted by molar-refractivity contribution is -0.136. The lowest BCUT2D eigenvalue weighted by Gasteiger charge is -2.33. The summed E-state index contributed by atoms with van der Waals surface area (Å²) >= 11 is 0. The number of nitrogens with two attached hydrogens (primary N) is 1. The second-order valence-electron chi connectivity index (χ2n) is 7.86. The maximum absolute atomic E-state index is 12.5. The normalized spacial score (nSPS) is 25.0. The van der Waals surface area contributed by atoms with E-state index in [1.807, 2.05) is 4.90 Å². The number of rotatable bonds is 4. The number of aryl methyl sites for hydroxylation is 2. The van der Waals surface area contributed by atoms with Crippen LogP contribution in [0.3, 0.4) is 0 Å². The molecule has 0 radical (unpaired) electrons. The van der Waals surface area contributed by atoms with Crippen LogP contribution in [0.5, 0.6) is 0 Å². The predicted octanol–water partition coefficient (Wildman–Crippen LogP) is 3.45. The molecule has 0 aromatic heterocycles. The van der Waals surface area contributed by atoms with Gasteiger partial charge >= 0.3 is 0 Å². The van der Waals surface area contributed by atoms with Crippen molar-refractivity contribution in [2.75, 3.05) is 19.7 Å². The van der Waals surface area contributed by atoms with Crippen molar-refractivity contribution in [2.45, 2.75) is 58.1 Å². The Bertz CT molecular complexity index is 627. The fourth-order valence-electron chi connectivity index (χ4n) is 4.04. The zero-order valence-corrected chi connectivity index (χ0v) is 16.1. The van der Waals surface area contributed by atoms with Gasteiger partial charge in [-0.15, -0.1) is 0 Å². The molecule has 1 aromatic carbocycles. The van der Waals surface area contributed by atoms with Crippen LogP contribution in [0.1, 0.15) is 48.8 Å². The van der Waals surface area contributed by atoms with Crippen LogP contribution in [-0.2, 0) is 9.53 Å². The molecule has 26 heavy (non-hydrogen) atoms. The van der Waals surface area contributed by atoms with Crippen LogP contribution >= 0.6 is 0 Å². The lowest BCUT2D eigenvalue weighted by Crippen LogP contribution is -2.42. The molecule has 4 heteroatoms. The van der Waals surface area contributed by atoms with E-state index in [2.05, 4.69) is 44.2 Å². The van der Waals surface area contributed by atoms with Gasteiger partial charge in [0.25, 0.3) is 0 Å². The van der Waals surface area contributed by atoms with Gasteiger partial charge in [0.05, 0.1) is 12.5 Å². The molecule has 2 saturated heterocycles. The number of likely N-dealkylation sites (tertiary alicyclic amines) is 1. The first-order valence-corrected chi connectivity index (χ1v) is 9.92. The molecule has 2 N–H and O–H groups in total. The summed E-state index contributed by atoms with van der Waals surface area (Å²) in [4.78, 5) is 14.5. The number of carbonyl (C=O) groups excluding carboxylic acids is 1. The molecule has 0 saturated carbocycles. The van der Waals surface area contributed by atoms with E-state index in [0.717, 1.165) is 38.8 Å². The van der Waals surface area contributed by atoms with E-state index >= 15 is 0 Å². The number of carbonyl (C=O) groups is 1. The Morgan fingerprint density at radius 1 is 1.23 bits per heavy atom. The Morgan fingerprint density at radius 2 is 1.92 bits per heavy atom. The third-order valence-corrected chi connectivity index (χ3v) is 5.78. The Balaban J connectivity index is 1.48. The van der Waals surface area contributed by atoms with E-state index < -0.39 is 0 Å². The topological polar surface area (TPSA) is 55.6 Å². The molecule has 2 aliphatic rings. The summed E-state index contributed by atoms with van der Waals surface area (Å²) in [6, 6.07) is 6.61. The van der Waals surface area contributed by atoms with E-state index in [-0.39, 0.29) is 18.1 Å². The van der Waals surface area contributed by atoms with E-state index in [1.54, 1.807) is 0 Å². The number of hydrogen-bond acceptors (Lipinski definition) is 3. The molecule has 4 nitrogen and oxygen atoms in total. The highest BCUT2D eigenvalue weighted by atomic mass is 16.5. The minimum atomic E-state index is 0.00732. The molecule has 3 rings (SSSR count). The average Bonchev–Trinajstić information content (AvgIpc) is 2.62. The molecule has 0 spiro atoms. The van der Waals surface area contributed by atoms with Crippen molar-refractivity contribution in [3.8, 4) is 0 Å². The van der Waals surface area contributed by atoms with Crippen molar-refractivity contribution in [2.24, 2.45) is 11.7 Å². The van der Waals surface area contributed by atoms with E-state index in [9.17, 15) is 4.79 Å². The Morgan fingerprint density at radius 3 is 2.58 bits per heavy atom. The van der Waals surface area contributed by atoms with Gasteiger partial charge in [-0.05, 0) is 62.1 Å². The fraction of sp³-hybridized carbons (Fsp3) is 0.591. The van der Waals surface area contributed by atoms with Gasteiger partial charge in [-0.1, -0.05) is 30.4 Å². The van der Waals surface area contributed by atoms with Crippen LogP contribution in [0.15, 0.2) is 24.3 Å². The van der Waals surface area contributed by atoms with Crippen molar-refractivity contribution in [1.29, 1.82) is 0 Å². The van der Waals surface area contributed by atoms with Crippen molar-refractivity contribution in [3.63, 3.8) is 0 Å². The lowest BCUT2D eigenvalue weighted by atomic mass is 9.93. The third kappa shape index (κ3) is 4.95. The van der Waals surface area contributed by atoms with Gasteiger partial charge in [-0.3, -0.25) is 4.79 Å². The number of nitrogens with zero attached hydrogens (tertiary/aromatic N) is 1. The Kier molecular flexibility index (Phi) is 6.49. The van der Waals surface area contributed by atoms with Gasteiger partial charge < -0.3 is 15.4 Å². The van der Waals surface area contributed by atoms with Crippen LogP contribution in [0.2, 0.25) is 0 Å². The average molecular weight is 357 g/mol. The monoisotopic (exact) mass is 356 g/mol. The highest BCUT2D eigenvalue weighted by molar-refractivity contribution is 5.76. The molecule has 2 atom stereocenters. The molecule has 2 unspecified atom stereocenters. The number of ether oxygens (including phenoxy) is 1. The van der Waals surface area contributed by atoms with Gasteiger partial charge in [-0.2, -0.15) is 0 Å². The second-order valence-corrected chi connectivity index (χ2v) is 7.86. The molecule has 142 valence electrons. The number of allylic oxidation sites excluding steroid dienone is 1. The molecule has 0 aliphatic carbocycles. The SMILES string of the molecule is Cc1cccc(C)c1/C=C/C1CCN(C(=O)CC2CC(N)CCO2)CC1. The molecule has 1 amide bonds. The van der Waals surface area contributed by atoms with Crippen LogP contribution in [0.25, 0.3) is 6.08 Å². The van der Waals surface area contributed by atoms with E-state index in [4.69, 9.17) is 10.5 Å². The summed E-state index contributed by atoms with van der Waals surface area (Å²) in [7, 11) is 0. The molecule has 2 aliphatic heterocycles. The maximum atomic E-state index is 12.5. The predicted molar refractivity (Wildman–Crippen MR) is 106 cm³/mol. The molecular formula is C22H32N2O2. The summed E-state index contributed by atoms with van der Waals surface area (Å²) in [6.45, 7) is 6.70. The number of amides is 1. The van der Waals surface area contributed by atoms with Crippen molar-refractivity contribution < 1.29 is 9.53 Å². The molecule has 0 bridgehead atoms. The van der Waals surface area contributed by atoms with Gasteiger partial charge in [0.15, 0.2) is 0 Å². The van der Waals surface area contributed by atoms with Gasteiger partial charge in [0.2, 0.25) is 5.91 Å². The summed E-state index contributed by atoms with van der Waals surface area (Å²) in [5.74, 6) is 0.777. The van der Waals surface area contributed by atoms with Crippen LogP contribution in [0, 0.1) is 19.8 Å². The number of piperidine rings is 1. The minimum absolute atomic E-state index is 0.00732. The highest BCUT2D eigenvalue weighted by Gasteiger charge is 2.27. The standard InChI is InChI=1S/C22H32N2O2/c1-16-4-3-5-17(2)21(16)7-6-18-8-11-24(12-9-18)22(25)15-20-14-19(23)10-13-26-20/h3-7,18-20H,8-15,23H2,1-2H3/b7-6+. The summed E-state index contributed by atoms with van der Waals surface area (Å²) in [6.07, 6.45) is 8.88. The van der Waals surface area contributed by atoms with Crippen molar-refractivity contribution >= 4 is 12.0 Å². The first kappa shape index (κ1) is 19.1. The molecular weight excluding hydrogens is 324 g/mol. The highest BCUT2D eigenvalue weighted by Crippen LogP contribution is 2.23. The summed E-state index contributed by atoms with van der Waals surface area (Å²) in [5, 5.41) is 0. The van der Waals surface area contributed by atoms with Crippen molar-refractivity contribution in [3.05, 3.63) is 41.0 Å². The minimum Gasteiger partial charge on any atom is -0.378 e. The first-order chi connectivity index (χ1) is 12.5. The quantitative estimate of drug-likeness (QED) is 0.899. The maximum Gasteiger partial charge on any atom is 0.225 e. The summed E-state index contributed by atoms with van der Waals surface area (Å²) < 4.78 is 5.70. The van der Waals surface area contributed by atoms with Crippen LogP contribution in [-0.4, -0.2) is 42.6 Å². The van der Waals surface area contributed by atoms with E-state index in [1.165, 1.54) is 16.7 Å². The number of benzene rings is 1. The van der Waals surface area contributed by atoms with Crippen molar-refractivity contribution in [1.82, 2.24) is 4.90 Å². The summed E-state index contributed by atoms with van der Waals surface area (Å²) in [5.41, 5.74) is 9.96. The fourth-order valence-corrected chi connectivity index (χ4v) is 4.04. The largest absolute Gasteiger partial charge is 0.378 e. The van der Waals surface area contributed by atoms with Crippen LogP contribution < -0.4 is 5.73 Å². The van der Waals surface area contributed by atoms with Gasteiger partial charge in [-0.25, -0.2) is 0 Å². The first-order valence-electron chi connectivity index (χ1n) is 9.92.